The van der Waals surface area contributed by atoms with Gasteiger partial charge in [0.2, 0.25) is 11.9 Å². The Kier molecular flexibility index (Phi) is 5.09. The summed E-state index contributed by atoms with van der Waals surface area (Å²) >= 11 is 0. The average Bonchev–Trinajstić information content (AvgIpc) is 3.46. The molecule has 0 atom stereocenters. The lowest BCUT2D eigenvalue weighted by Gasteiger charge is -2.12. The van der Waals surface area contributed by atoms with Crippen LogP contribution in [0.4, 0.5) is 17.7 Å². The van der Waals surface area contributed by atoms with Gasteiger partial charge in [0, 0.05) is 40.8 Å². The Morgan fingerprint density at radius 3 is 2.74 bits per heavy atom. The molecule has 0 unspecified atom stereocenters. The summed E-state index contributed by atoms with van der Waals surface area (Å²) in [4.78, 5) is 22.1. The van der Waals surface area contributed by atoms with Crippen LogP contribution < -0.4 is 10.6 Å². The minimum absolute atomic E-state index is 0.501. The van der Waals surface area contributed by atoms with Gasteiger partial charge in [0.1, 0.15) is 5.82 Å². The number of nitrogens with zero attached hydrogens (tertiary/aromatic N) is 4. The van der Waals surface area contributed by atoms with E-state index in [1.165, 1.54) is 28.5 Å². The van der Waals surface area contributed by atoms with Crippen molar-refractivity contribution in [3.8, 4) is 0 Å². The summed E-state index contributed by atoms with van der Waals surface area (Å²) in [5.41, 5.74) is 8.12. The molecular formula is C27H27N7. The smallest absolute Gasteiger partial charge is 0.231 e. The molecule has 0 saturated carbocycles. The third-order valence-corrected chi connectivity index (χ3v) is 6.59. The van der Waals surface area contributed by atoms with Gasteiger partial charge >= 0.3 is 0 Å². The van der Waals surface area contributed by atoms with Crippen LogP contribution in [0.1, 0.15) is 34.5 Å². The minimum atomic E-state index is 0.501. The van der Waals surface area contributed by atoms with E-state index in [4.69, 9.17) is 4.98 Å². The van der Waals surface area contributed by atoms with Crippen molar-refractivity contribution in [1.82, 2.24) is 24.9 Å². The second-order valence-corrected chi connectivity index (χ2v) is 8.97. The van der Waals surface area contributed by atoms with Crippen LogP contribution in [0.25, 0.3) is 21.8 Å². The van der Waals surface area contributed by atoms with Crippen LogP contribution in [0.2, 0.25) is 0 Å². The summed E-state index contributed by atoms with van der Waals surface area (Å²) in [6.45, 7) is 4.78. The fourth-order valence-electron chi connectivity index (χ4n) is 4.95. The van der Waals surface area contributed by atoms with E-state index < -0.39 is 0 Å². The lowest BCUT2D eigenvalue weighted by Crippen LogP contribution is -2.09. The van der Waals surface area contributed by atoms with Crippen LogP contribution in [0, 0.1) is 13.8 Å². The van der Waals surface area contributed by atoms with Crippen LogP contribution in [0.3, 0.4) is 0 Å². The van der Waals surface area contributed by atoms with Gasteiger partial charge in [-0.3, -0.25) is 5.32 Å². The van der Waals surface area contributed by atoms with E-state index in [9.17, 15) is 0 Å². The first kappa shape index (κ1) is 20.6. The maximum Gasteiger partial charge on any atom is 0.231 e. The number of hydrogen-bond acceptors (Lipinski definition) is 6. The molecule has 3 heterocycles. The molecule has 7 nitrogen and oxygen atoms in total. The Balaban J connectivity index is 1.21. The summed E-state index contributed by atoms with van der Waals surface area (Å²) in [5, 5.41) is 9.08. The van der Waals surface area contributed by atoms with Crippen LogP contribution in [-0.4, -0.2) is 31.5 Å². The highest BCUT2D eigenvalue weighted by Crippen LogP contribution is 2.30. The predicted octanol–water partition coefficient (Wildman–Crippen LogP) is 5.40. The maximum atomic E-state index is 4.86. The standard InChI is InChI=1S/C27H27N7/c1-16-14-24(28-13-12-19-15-29-23-9-4-3-7-21(19)23)32-26(30-16)34-27-31-17(2)20-11-10-18-6-5-8-22(18)25(20)33-27/h3-4,7,9-11,14-15,29H,5-6,8,12-13H2,1-2H3,(H2,28,30,31,32,33,34). The van der Waals surface area contributed by atoms with E-state index in [1.807, 2.05) is 26.0 Å². The molecule has 2 aromatic carbocycles. The van der Waals surface area contributed by atoms with Crippen molar-refractivity contribution in [2.45, 2.75) is 39.5 Å². The van der Waals surface area contributed by atoms with Crippen molar-refractivity contribution in [3.05, 3.63) is 76.7 Å². The Bertz CT molecular complexity index is 1520. The zero-order valence-corrected chi connectivity index (χ0v) is 19.4. The monoisotopic (exact) mass is 449 g/mol. The number of rotatable bonds is 6. The van der Waals surface area contributed by atoms with E-state index in [2.05, 4.69) is 67.1 Å². The Morgan fingerprint density at radius 2 is 1.79 bits per heavy atom. The maximum absolute atomic E-state index is 4.86. The number of aryl methyl sites for hydroxylation is 4. The summed E-state index contributed by atoms with van der Waals surface area (Å²) in [6.07, 6.45) is 6.38. The van der Waals surface area contributed by atoms with Gasteiger partial charge in [0.25, 0.3) is 0 Å². The molecule has 170 valence electrons. The van der Waals surface area contributed by atoms with Crippen molar-refractivity contribution in [3.63, 3.8) is 0 Å². The number of benzene rings is 2. The average molecular weight is 450 g/mol. The van der Waals surface area contributed by atoms with Crippen molar-refractivity contribution in [2.75, 3.05) is 17.2 Å². The molecule has 7 heteroatoms. The number of hydrogen-bond donors (Lipinski definition) is 3. The molecule has 34 heavy (non-hydrogen) atoms. The van der Waals surface area contributed by atoms with Crippen LogP contribution >= 0.6 is 0 Å². The molecule has 0 amide bonds. The quantitative estimate of drug-likeness (QED) is 0.321. The van der Waals surface area contributed by atoms with E-state index in [-0.39, 0.29) is 0 Å². The van der Waals surface area contributed by atoms with Crippen molar-refractivity contribution < 1.29 is 0 Å². The second-order valence-electron chi connectivity index (χ2n) is 8.97. The Morgan fingerprint density at radius 1 is 0.912 bits per heavy atom. The van der Waals surface area contributed by atoms with Gasteiger partial charge < -0.3 is 10.3 Å². The number of aromatic nitrogens is 5. The first-order valence-electron chi connectivity index (χ1n) is 11.8. The van der Waals surface area contributed by atoms with Crippen LogP contribution in [0.15, 0.2) is 48.7 Å². The van der Waals surface area contributed by atoms with E-state index in [0.29, 0.717) is 11.9 Å². The summed E-state index contributed by atoms with van der Waals surface area (Å²) in [6, 6.07) is 14.7. The number of nitrogens with one attached hydrogen (secondary N) is 3. The SMILES string of the molecule is Cc1cc(NCCc2c[nH]c3ccccc23)nc(Nc2nc(C)c3ccc4c(c3n2)CCC4)n1. The summed E-state index contributed by atoms with van der Waals surface area (Å²) < 4.78 is 0. The molecule has 3 N–H and O–H groups in total. The van der Waals surface area contributed by atoms with Crippen LogP contribution in [-0.2, 0) is 19.3 Å². The lowest BCUT2D eigenvalue weighted by molar-refractivity contribution is 0.912. The Hall–Kier alpha value is -4.00. The minimum Gasteiger partial charge on any atom is -0.370 e. The number of H-pyrrole nitrogens is 1. The molecule has 3 aromatic heterocycles. The normalized spacial score (nSPS) is 12.9. The number of fused-ring (bicyclic) bond motifs is 4. The molecule has 5 aromatic rings. The van der Waals surface area contributed by atoms with Crippen molar-refractivity contribution in [1.29, 1.82) is 0 Å². The van der Waals surface area contributed by atoms with Gasteiger partial charge in [0.15, 0.2) is 0 Å². The van der Waals surface area contributed by atoms with E-state index >= 15 is 0 Å². The van der Waals surface area contributed by atoms with Gasteiger partial charge in [-0.05, 0) is 62.3 Å². The molecule has 0 bridgehead atoms. The summed E-state index contributed by atoms with van der Waals surface area (Å²) in [5.74, 6) is 1.83. The molecule has 0 spiro atoms. The highest BCUT2D eigenvalue weighted by Gasteiger charge is 2.17. The topological polar surface area (TPSA) is 91.4 Å². The first-order valence-corrected chi connectivity index (χ1v) is 11.8. The molecule has 0 radical (unpaired) electrons. The zero-order valence-electron chi connectivity index (χ0n) is 19.4. The molecule has 0 aliphatic heterocycles. The molecule has 1 aliphatic rings. The lowest BCUT2D eigenvalue weighted by atomic mass is 10.0. The zero-order chi connectivity index (χ0) is 23.1. The predicted molar refractivity (Wildman–Crippen MR) is 137 cm³/mol. The molecule has 1 aliphatic carbocycles. The van der Waals surface area contributed by atoms with Gasteiger partial charge in [0.05, 0.1) is 11.2 Å². The van der Waals surface area contributed by atoms with Gasteiger partial charge in [-0.25, -0.2) is 15.0 Å². The van der Waals surface area contributed by atoms with Gasteiger partial charge in [-0.15, -0.1) is 0 Å². The number of anilines is 3. The largest absolute Gasteiger partial charge is 0.370 e. The van der Waals surface area contributed by atoms with Crippen molar-refractivity contribution >= 4 is 39.5 Å². The fraction of sp³-hybridized carbons (Fsp3) is 0.259. The first-order chi connectivity index (χ1) is 16.6. The molecule has 6 rings (SSSR count). The molecule has 0 fully saturated rings. The van der Waals surface area contributed by atoms with Gasteiger partial charge in [-0.1, -0.05) is 30.3 Å². The van der Waals surface area contributed by atoms with Crippen molar-refractivity contribution in [2.24, 2.45) is 0 Å². The number of para-hydroxylation sites is 1. The molecular weight excluding hydrogens is 422 g/mol. The molecule has 0 saturated heterocycles. The van der Waals surface area contributed by atoms with Gasteiger partial charge in [-0.2, -0.15) is 4.98 Å². The van der Waals surface area contributed by atoms with Crippen LogP contribution in [0.5, 0.6) is 0 Å². The second kappa shape index (κ2) is 8.41. The fourth-order valence-corrected chi connectivity index (χ4v) is 4.95. The Labute approximate surface area is 198 Å². The number of aromatic amines is 1. The highest BCUT2D eigenvalue weighted by molar-refractivity contribution is 5.86. The highest BCUT2D eigenvalue weighted by atomic mass is 15.2. The van der Waals surface area contributed by atoms with E-state index in [0.717, 1.165) is 59.4 Å². The van der Waals surface area contributed by atoms with E-state index in [1.54, 1.807) is 0 Å². The third kappa shape index (κ3) is 3.83. The third-order valence-electron chi connectivity index (χ3n) is 6.59. The summed E-state index contributed by atoms with van der Waals surface area (Å²) in [7, 11) is 0.